The number of aromatic nitrogens is 2. The van der Waals surface area contributed by atoms with Crippen LogP contribution >= 0.6 is 0 Å². The van der Waals surface area contributed by atoms with Gasteiger partial charge in [0.2, 0.25) is 11.9 Å². The van der Waals surface area contributed by atoms with E-state index < -0.39 is 11.9 Å². The van der Waals surface area contributed by atoms with Crippen molar-refractivity contribution in [3.8, 4) is 0 Å². The number of rotatable bonds is 4. The summed E-state index contributed by atoms with van der Waals surface area (Å²) < 4.78 is 0. The van der Waals surface area contributed by atoms with Gasteiger partial charge in [0.05, 0.1) is 0 Å². The van der Waals surface area contributed by atoms with Gasteiger partial charge in [-0.2, -0.15) is 4.98 Å². The fourth-order valence-electron chi connectivity index (χ4n) is 0.972. The maximum atomic E-state index is 10.9. The van der Waals surface area contributed by atoms with Gasteiger partial charge in [0.15, 0.2) is 0 Å². The van der Waals surface area contributed by atoms with Crippen LogP contribution in [0, 0.1) is 0 Å². The van der Waals surface area contributed by atoms with Gasteiger partial charge >= 0.3 is 0 Å². The van der Waals surface area contributed by atoms with Crippen LogP contribution in [0.25, 0.3) is 0 Å². The summed E-state index contributed by atoms with van der Waals surface area (Å²) in [7, 11) is 0. The van der Waals surface area contributed by atoms with Gasteiger partial charge in [-0.25, -0.2) is 4.98 Å². The number of carbonyl (C=O) groups is 1. The van der Waals surface area contributed by atoms with Gasteiger partial charge in [-0.1, -0.05) is 6.92 Å². The van der Waals surface area contributed by atoms with Gasteiger partial charge in [0, 0.05) is 6.20 Å². The van der Waals surface area contributed by atoms with Crippen LogP contribution in [-0.2, 0) is 4.79 Å². The van der Waals surface area contributed by atoms with E-state index in [4.69, 9.17) is 11.5 Å². The van der Waals surface area contributed by atoms with E-state index in [9.17, 15) is 4.79 Å². The van der Waals surface area contributed by atoms with Crippen molar-refractivity contribution in [2.75, 3.05) is 11.1 Å². The lowest BCUT2D eigenvalue weighted by molar-refractivity contribution is -0.118. The minimum atomic E-state index is -0.461. The number of nitrogens with two attached hydrogens (primary N) is 2. The molecule has 1 heterocycles. The Morgan fingerprint density at radius 2 is 2.43 bits per heavy atom. The monoisotopic (exact) mass is 195 g/mol. The van der Waals surface area contributed by atoms with Crippen LogP contribution in [0.5, 0.6) is 0 Å². The molecule has 76 valence electrons. The second-order valence-corrected chi connectivity index (χ2v) is 2.81. The number of nitrogens with one attached hydrogen (secondary N) is 1. The molecule has 0 saturated carbocycles. The molecule has 0 saturated heterocycles. The average Bonchev–Trinajstić information content (AvgIpc) is 2.14. The zero-order valence-electron chi connectivity index (χ0n) is 7.90. The minimum absolute atomic E-state index is 0.315. The number of primary amides is 1. The van der Waals surface area contributed by atoms with Gasteiger partial charge in [-0.15, -0.1) is 0 Å². The van der Waals surface area contributed by atoms with Crippen molar-refractivity contribution in [1.82, 2.24) is 9.97 Å². The van der Waals surface area contributed by atoms with Crippen LogP contribution in [-0.4, -0.2) is 21.9 Å². The summed E-state index contributed by atoms with van der Waals surface area (Å²) >= 11 is 0. The smallest absolute Gasteiger partial charge is 0.239 e. The minimum Gasteiger partial charge on any atom is -0.384 e. The van der Waals surface area contributed by atoms with Crippen molar-refractivity contribution in [3.63, 3.8) is 0 Å². The van der Waals surface area contributed by atoms with Crippen molar-refractivity contribution in [2.24, 2.45) is 5.73 Å². The van der Waals surface area contributed by atoms with E-state index in [-0.39, 0.29) is 0 Å². The molecule has 6 nitrogen and oxygen atoms in total. The first-order valence-corrected chi connectivity index (χ1v) is 4.28. The molecule has 6 heteroatoms. The fourth-order valence-corrected chi connectivity index (χ4v) is 0.972. The Labute approximate surface area is 81.7 Å². The first-order valence-electron chi connectivity index (χ1n) is 4.28. The van der Waals surface area contributed by atoms with Crippen LogP contribution in [0.4, 0.5) is 11.8 Å². The third kappa shape index (κ3) is 2.58. The SMILES string of the molecule is CCC(Nc1nccc(N)n1)C(N)=O. The van der Waals surface area contributed by atoms with Crippen molar-refractivity contribution >= 4 is 17.7 Å². The molecule has 0 radical (unpaired) electrons. The fraction of sp³-hybridized carbons (Fsp3) is 0.375. The van der Waals surface area contributed by atoms with Gasteiger partial charge in [-0.3, -0.25) is 4.79 Å². The standard InChI is InChI=1S/C8H13N5O/c1-2-5(7(10)14)12-8-11-4-3-6(9)13-8/h3-5H,2H2,1H3,(H2,10,14)(H3,9,11,12,13). The molecule has 0 aliphatic heterocycles. The van der Waals surface area contributed by atoms with E-state index in [2.05, 4.69) is 15.3 Å². The molecule has 0 aromatic carbocycles. The van der Waals surface area contributed by atoms with Gasteiger partial charge in [0.25, 0.3) is 0 Å². The predicted molar refractivity (Wildman–Crippen MR) is 53.3 cm³/mol. The number of hydrogen-bond donors (Lipinski definition) is 3. The molecule has 1 rings (SSSR count). The number of hydrogen-bond acceptors (Lipinski definition) is 5. The Hall–Kier alpha value is -1.85. The second-order valence-electron chi connectivity index (χ2n) is 2.81. The molecule has 0 bridgehead atoms. The lowest BCUT2D eigenvalue weighted by Gasteiger charge is -2.12. The first-order chi connectivity index (χ1) is 6.63. The predicted octanol–water partition coefficient (Wildman–Crippen LogP) is -0.265. The number of anilines is 2. The molecule has 0 spiro atoms. The molecule has 1 aromatic heterocycles. The highest BCUT2D eigenvalue weighted by Gasteiger charge is 2.13. The number of carbonyl (C=O) groups excluding carboxylic acids is 1. The lowest BCUT2D eigenvalue weighted by Crippen LogP contribution is -2.35. The van der Waals surface area contributed by atoms with E-state index in [1.54, 1.807) is 6.07 Å². The van der Waals surface area contributed by atoms with Crippen LogP contribution in [0.2, 0.25) is 0 Å². The van der Waals surface area contributed by atoms with Gasteiger partial charge < -0.3 is 16.8 Å². The second kappa shape index (κ2) is 4.40. The van der Waals surface area contributed by atoms with Crippen molar-refractivity contribution in [2.45, 2.75) is 19.4 Å². The largest absolute Gasteiger partial charge is 0.384 e. The van der Waals surface area contributed by atoms with Crippen LogP contribution < -0.4 is 16.8 Å². The molecule has 1 atom stereocenters. The Kier molecular flexibility index (Phi) is 3.22. The maximum absolute atomic E-state index is 10.9. The van der Waals surface area contributed by atoms with Crippen molar-refractivity contribution in [3.05, 3.63) is 12.3 Å². The third-order valence-electron chi connectivity index (χ3n) is 1.73. The average molecular weight is 195 g/mol. The topological polar surface area (TPSA) is 107 Å². The molecular weight excluding hydrogens is 182 g/mol. The van der Waals surface area contributed by atoms with Crippen LogP contribution in [0.3, 0.4) is 0 Å². The number of nitrogens with zero attached hydrogens (tertiary/aromatic N) is 2. The van der Waals surface area contributed by atoms with E-state index >= 15 is 0 Å². The number of nitrogen functional groups attached to an aromatic ring is 1. The van der Waals surface area contributed by atoms with E-state index in [1.807, 2.05) is 6.92 Å². The maximum Gasteiger partial charge on any atom is 0.239 e. The molecule has 0 aliphatic rings. The van der Waals surface area contributed by atoms with E-state index in [0.717, 1.165) is 0 Å². The van der Waals surface area contributed by atoms with Crippen LogP contribution in [0.1, 0.15) is 13.3 Å². The molecule has 14 heavy (non-hydrogen) atoms. The molecule has 5 N–H and O–H groups in total. The lowest BCUT2D eigenvalue weighted by atomic mass is 10.2. The quantitative estimate of drug-likeness (QED) is 0.613. The molecule has 0 fully saturated rings. The summed E-state index contributed by atoms with van der Waals surface area (Å²) in [4.78, 5) is 18.7. The Morgan fingerprint density at radius 3 is 2.93 bits per heavy atom. The summed E-state index contributed by atoms with van der Waals surface area (Å²) in [6.45, 7) is 1.84. The molecule has 1 unspecified atom stereocenters. The van der Waals surface area contributed by atoms with E-state index in [0.29, 0.717) is 18.2 Å². The Morgan fingerprint density at radius 1 is 1.71 bits per heavy atom. The molecular formula is C8H13N5O. The zero-order chi connectivity index (χ0) is 10.6. The molecule has 1 aromatic rings. The molecule has 1 amide bonds. The van der Waals surface area contributed by atoms with Crippen LogP contribution in [0.15, 0.2) is 12.3 Å². The normalized spacial score (nSPS) is 12.1. The van der Waals surface area contributed by atoms with Crippen molar-refractivity contribution in [1.29, 1.82) is 0 Å². The van der Waals surface area contributed by atoms with E-state index in [1.165, 1.54) is 6.20 Å². The zero-order valence-corrected chi connectivity index (χ0v) is 7.90. The van der Waals surface area contributed by atoms with Gasteiger partial charge in [-0.05, 0) is 12.5 Å². The first kappa shape index (κ1) is 10.2. The van der Waals surface area contributed by atoms with Gasteiger partial charge in [0.1, 0.15) is 11.9 Å². The summed E-state index contributed by atoms with van der Waals surface area (Å²) in [6, 6.07) is 1.10. The number of amides is 1. The highest BCUT2D eigenvalue weighted by Crippen LogP contribution is 2.04. The third-order valence-corrected chi connectivity index (χ3v) is 1.73. The summed E-state index contributed by atoms with van der Waals surface area (Å²) in [5, 5.41) is 2.79. The Balaban J connectivity index is 2.72. The highest BCUT2D eigenvalue weighted by atomic mass is 16.1. The van der Waals surface area contributed by atoms with Crippen molar-refractivity contribution < 1.29 is 4.79 Å². The highest BCUT2D eigenvalue weighted by molar-refractivity contribution is 5.82. The molecule has 0 aliphatic carbocycles. The Bertz CT molecular complexity index is 327. The summed E-state index contributed by atoms with van der Waals surface area (Å²) in [6.07, 6.45) is 2.09. The summed E-state index contributed by atoms with van der Waals surface area (Å²) in [5.41, 5.74) is 10.6. The summed E-state index contributed by atoms with van der Waals surface area (Å²) in [5.74, 6) is 0.232.